The third-order valence-electron chi connectivity index (χ3n) is 4.80. The van der Waals surface area contributed by atoms with E-state index in [1.54, 1.807) is 42.5 Å². The van der Waals surface area contributed by atoms with Gasteiger partial charge in [0.15, 0.2) is 0 Å². The van der Waals surface area contributed by atoms with Crippen LogP contribution in [0.15, 0.2) is 42.5 Å². The normalized spacial score (nSPS) is 14.6. The summed E-state index contributed by atoms with van der Waals surface area (Å²) in [5.41, 5.74) is 1.15. The molecule has 2 aromatic carbocycles. The Morgan fingerprint density at radius 3 is 2.66 bits per heavy atom. The summed E-state index contributed by atoms with van der Waals surface area (Å²) in [6.45, 7) is 4.39. The second-order valence-corrected chi connectivity index (χ2v) is 7.54. The van der Waals surface area contributed by atoms with Crippen LogP contribution in [0.3, 0.4) is 0 Å². The minimum absolute atomic E-state index is 0. The first-order valence-electron chi connectivity index (χ1n) is 9.81. The van der Waals surface area contributed by atoms with Crippen LogP contribution in [0.2, 0.25) is 0 Å². The lowest BCUT2D eigenvalue weighted by atomic mass is 10.2. The second-order valence-electron chi connectivity index (χ2n) is 7.54. The predicted molar refractivity (Wildman–Crippen MR) is 110 cm³/mol. The topological polar surface area (TPSA) is 65.4 Å². The number of rotatable bonds is 8. The zero-order valence-electron chi connectivity index (χ0n) is 16.5. The second kappa shape index (κ2) is 8.11. The Kier molecular flexibility index (Phi) is 5.38. The fraction of sp³-hybridized carbons (Fsp3) is 0.364. The molecule has 0 radical (unpaired) electrons. The van der Waals surface area contributed by atoms with Gasteiger partial charge in [-0.3, -0.25) is 4.79 Å². The Labute approximate surface area is 170 Å². The van der Waals surface area contributed by atoms with Crippen LogP contribution in [0.1, 0.15) is 28.1 Å². The van der Waals surface area contributed by atoms with Gasteiger partial charge in [-0.15, -0.1) is 0 Å². The van der Waals surface area contributed by atoms with Crippen LogP contribution >= 0.6 is 0 Å². The molecule has 1 heterocycles. The first-order chi connectivity index (χ1) is 14.0. The smallest absolute Gasteiger partial charge is 0.224 e. The number of nitrogens with zero attached hydrogens (tertiary/aromatic N) is 2. The molecule has 0 unspecified atom stereocenters. The molecule has 1 aromatic heterocycles. The number of halogens is 1. The SMILES string of the molecule is CC(=O)N[C@@H](C)COc1ccc(-n2nc3cc(OCC4CC4)ccc3c2F)cc1.[HH]. The third kappa shape index (κ3) is 4.67. The molecule has 3 aromatic rings. The van der Waals surface area contributed by atoms with Gasteiger partial charge < -0.3 is 14.8 Å². The molecule has 0 spiro atoms. The lowest BCUT2D eigenvalue weighted by molar-refractivity contribution is -0.119. The van der Waals surface area contributed by atoms with Crippen molar-refractivity contribution in [3.63, 3.8) is 0 Å². The molecule has 1 aliphatic rings. The van der Waals surface area contributed by atoms with Crippen molar-refractivity contribution in [2.75, 3.05) is 13.2 Å². The molecule has 1 N–H and O–H groups in total. The van der Waals surface area contributed by atoms with E-state index >= 15 is 0 Å². The average Bonchev–Trinajstić information content (AvgIpc) is 3.48. The molecule has 0 aliphatic heterocycles. The summed E-state index contributed by atoms with van der Waals surface area (Å²) in [7, 11) is 0. The van der Waals surface area contributed by atoms with Crippen molar-refractivity contribution >= 4 is 16.8 Å². The Morgan fingerprint density at radius 2 is 1.97 bits per heavy atom. The summed E-state index contributed by atoms with van der Waals surface area (Å²) >= 11 is 0. The number of carbonyl (C=O) groups is 1. The Hall–Kier alpha value is -3.09. The van der Waals surface area contributed by atoms with Crippen molar-refractivity contribution < 1.29 is 20.1 Å². The van der Waals surface area contributed by atoms with E-state index in [4.69, 9.17) is 9.47 Å². The zero-order valence-corrected chi connectivity index (χ0v) is 16.5. The van der Waals surface area contributed by atoms with Gasteiger partial charge in [0.2, 0.25) is 11.9 Å². The van der Waals surface area contributed by atoms with Crippen LogP contribution in [0.4, 0.5) is 4.39 Å². The minimum atomic E-state index is -0.415. The highest BCUT2D eigenvalue weighted by atomic mass is 19.1. The van der Waals surface area contributed by atoms with Gasteiger partial charge in [-0.2, -0.15) is 9.49 Å². The molecule has 0 bridgehead atoms. The molecule has 1 atom stereocenters. The van der Waals surface area contributed by atoms with Gasteiger partial charge in [0, 0.05) is 14.4 Å². The summed E-state index contributed by atoms with van der Waals surface area (Å²) in [6, 6.07) is 12.2. The van der Waals surface area contributed by atoms with E-state index < -0.39 is 5.95 Å². The van der Waals surface area contributed by atoms with Crippen molar-refractivity contribution in [2.45, 2.75) is 32.7 Å². The monoisotopic (exact) mass is 399 g/mol. The van der Waals surface area contributed by atoms with Gasteiger partial charge in [0.05, 0.1) is 29.2 Å². The third-order valence-corrected chi connectivity index (χ3v) is 4.80. The molecule has 0 saturated heterocycles. The van der Waals surface area contributed by atoms with Gasteiger partial charge in [-0.1, -0.05) is 0 Å². The molecule has 1 saturated carbocycles. The zero-order chi connectivity index (χ0) is 20.4. The summed E-state index contributed by atoms with van der Waals surface area (Å²) in [5, 5.41) is 7.61. The van der Waals surface area contributed by atoms with Crippen LogP contribution in [0.5, 0.6) is 11.5 Å². The number of nitrogens with one attached hydrogen (secondary N) is 1. The molecule has 1 aliphatic carbocycles. The van der Waals surface area contributed by atoms with E-state index in [0.29, 0.717) is 47.2 Å². The maximum absolute atomic E-state index is 14.8. The molecule has 29 heavy (non-hydrogen) atoms. The van der Waals surface area contributed by atoms with Crippen LogP contribution in [-0.4, -0.2) is 34.9 Å². The number of ether oxygens (including phenoxy) is 2. The van der Waals surface area contributed by atoms with Gasteiger partial charge in [0.25, 0.3) is 0 Å². The number of fused-ring (bicyclic) bond motifs is 1. The maximum Gasteiger partial charge on any atom is 0.224 e. The summed E-state index contributed by atoms with van der Waals surface area (Å²) < 4.78 is 27.5. The quantitative estimate of drug-likeness (QED) is 0.619. The first-order valence-corrected chi connectivity index (χ1v) is 9.81. The Morgan fingerprint density at radius 1 is 1.24 bits per heavy atom. The maximum atomic E-state index is 14.8. The molecule has 7 heteroatoms. The van der Waals surface area contributed by atoms with Crippen molar-refractivity contribution in [3.8, 4) is 17.2 Å². The number of amides is 1. The summed E-state index contributed by atoms with van der Waals surface area (Å²) in [6.07, 6.45) is 2.44. The average molecular weight is 399 g/mol. The lowest BCUT2D eigenvalue weighted by Crippen LogP contribution is -2.35. The molecule has 6 nitrogen and oxygen atoms in total. The van der Waals surface area contributed by atoms with Crippen LogP contribution in [-0.2, 0) is 4.79 Å². The summed E-state index contributed by atoms with van der Waals surface area (Å²) in [4.78, 5) is 11.0. The summed E-state index contributed by atoms with van der Waals surface area (Å²) in [5.74, 6) is 1.49. The van der Waals surface area contributed by atoms with E-state index in [-0.39, 0.29) is 13.4 Å². The molecular weight excluding hydrogens is 373 g/mol. The fourth-order valence-electron chi connectivity index (χ4n) is 3.09. The van der Waals surface area contributed by atoms with E-state index in [2.05, 4.69) is 10.4 Å². The van der Waals surface area contributed by atoms with Crippen molar-refractivity contribution in [2.24, 2.45) is 5.92 Å². The number of aromatic nitrogens is 2. The minimum Gasteiger partial charge on any atom is -0.493 e. The molecular formula is C22H26FN3O3. The molecule has 1 fully saturated rings. The van der Waals surface area contributed by atoms with Gasteiger partial charge in [-0.25, -0.2) is 4.68 Å². The Balaban J connectivity index is 0.00000256. The predicted octanol–water partition coefficient (Wildman–Crippen LogP) is 4.10. The highest BCUT2D eigenvalue weighted by Crippen LogP contribution is 2.31. The Bertz CT molecular complexity index is 1020. The number of benzene rings is 2. The fourth-order valence-corrected chi connectivity index (χ4v) is 3.09. The largest absolute Gasteiger partial charge is 0.493 e. The van der Waals surface area contributed by atoms with Crippen molar-refractivity contribution in [3.05, 3.63) is 48.4 Å². The van der Waals surface area contributed by atoms with Crippen LogP contribution < -0.4 is 14.8 Å². The number of carbonyl (C=O) groups excluding carboxylic acids is 1. The highest BCUT2D eigenvalue weighted by molar-refractivity contribution is 5.80. The highest BCUT2D eigenvalue weighted by Gasteiger charge is 2.22. The molecule has 4 rings (SSSR count). The van der Waals surface area contributed by atoms with E-state index in [0.717, 1.165) is 0 Å². The van der Waals surface area contributed by atoms with Gasteiger partial charge in [-0.05, 0) is 62.1 Å². The van der Waals surface area contributed by atoms with Crippen LogP contribution in [0.25, 0.3) is 16.6 Å². The van der Waals surface area contributed by atoms with Crippen molar-refractivity contribution in [1.82, 2.24) is 15.1 Å². The molecule has 154 valence electrons. The van der Waals surface area contributed by atoms with Crippen molar-refractivity contribution in [1.29, 1.82) is 0 Å². The lowest BCUT2D eigenvalue weighted by Gasteiger charge is -2.14. The standard InChI is InChI=1S/C22H24FN3O3.H2/c1-14(24-15(2)27)12-28-18-7-5-17(6-8-18)26-22(23)20-10-9-19(11-21(20)25-26)29-13-16-3-4-16;/h5-11,14,16H,3-4,12-13H2,1-2H3,(H,24,27);1H/t14-;/m0./s1. The van der Waals surface area contributed by atoms with Gasteiger partial charge in [0.1, 0.15) is 18.1 Å². The van der Waals surface area contributed by atoms with Gasteiger partial charge >= 0.3 is 0 Å². The van der Waals surface area contributed by atoms with Crippen LogP contribution in [0, 0.1) is 11.9 Å². The first kappa shape index (κ1) is 19.2. The molecule has 1 amide bonds. The van der Waals surface area contributed by atoms with E-state index in [1.807, 2.05) is 6.92 Å². The number of hydrogen-bond donors (Lipinski definition) is 1. The van der Waals surface area contributed by atoms with E-state index in [1.165, 1.54) is 24.4 Å². The number of hydrogen-bond acceptors (Lipinski definition) is 4. The van der Waals surface area contributed by atoms with E-state index in [9.17, 15) is 9.18 Å².